The van der Waals surface area contributed by atoms with E-state index in [1.807, 2.05) is 30.3 Å². The van der Waals surface area contributed by atoms with Crippen LogP contribution in [0.2, 0.25) is 0 Å². The van der Waals surface area contributed by atoms with E-state index in [1.165, 1.54) is 31.5 Å². The average Bonchev–Trinajstić information content (AvgIpc) is 3.02. The van der Waals surface area contributed by atoms with Crippen LogP contribution in [0.25, 0.3) is 0 Å². The number of carbonyl (C=O) groups excluding carboxylic acids is 1. The van der Waals surface area contributed by atoms with Gasteiger partial charge in [-0.15, -0.1) is 0 Å². The van der Waals surface area contributed by atoms with Crippen LogP contribution >= 0.6 is 0 Å². The molecule has 2 aliphatic heterocycles. The molecular weight excluding hydrogens is 572 g/mol. The number of hydrogen-bond acceptors (Lipinski definition) is 8. The molecule has 2 saturated heterocycles. The Bertz CT molecular complexity index is 1530. The van der Waals surface area contributed by atoms with Gasteiger partial charge in [0.1, 0.15) is 6.10 Å². The normalized spacial score (nSPS) is 18.5. The topological polar surface area (TPSA) is 104 Å². The number of anilines is 1. The van der Waals surface area contributed by atoms with Crippen LogP contribution in [-0.4, -0.2) is 63.1 Å². The Labute approximate surface area is 261 Å². The van der Waals surface area contributed by atoms with Gasteiger partial charge in [-0.2, -0.15) is 5.26 Å². The van der Waals surface area contributed by atoms with Gasteiger partial charge < -0.3 is 14.5 Å². The first-order valence-corrected chi connectivity index (χ1v) is 17.1. The zero-order valence-electron chi connectivity index (χ0n) is 25.6. The van der Waals surface area contributed by atoms with Crippen molar-refractivity contribution >= 4 is 21.5 Å². The molecule has 3 aromatic rings. The number of sulfone groups is 1. The number of benzene rings is 2. The molecule has 0 bridgehead atoms. The van der Waals surface area contributed by atoms with Crippen LogP contribution < -0.4 is 4.90 Å². The van der Waals surface area contributed by atoms with Gasteiger partial charge in [-0.05, 0) is 80.2 Å². The molecule has 0 aliphatic carbocycles. The van der Waals surface area contributed by atoms with E-state index in [1.54, 1.807) is 12.1 Å². The monoisotopic (exact) mass is 614 g/mol. The van der Waals surface area contributed by atoms with Gasteiger partial charge in [-0.25, -0.2) is 8.42 Å². The van der Waals surface area contributed by atoms with Crippen LogP contribution in [0.1, 0.15) is 51.5 Å². The summed E-state index contributed by atoms with van der Waals surface area (Å²) in [5.74, 6) is 0.430. The molecule has 2 fully saturated rings. The molecule has 9 heteroatoms. The highest BCUT2D eigenvalue weighted by Gasteiger charge is 2.44. The van der Waals surface area contributed by atoms with E-state index in [9.17, 15) is 18.5 Å². The lowest BCUT2D eigenvalue weighted by Crippen LogP contribution is -2.53. The number of hydrogen-bond donors (Lipinski definition) is 0. The molecule has 1 unspecified atom stereocenters. The summed E-state index contributed by atoms with van der Waals surface area (Å²) in [7, 11) is -3.56. The number of pyridine rings is 1. The summed E-state index contributed by atoms with van der Waals surface area (Å²) in [4.78, 5) is 21.1. The standard InChI is InChI=1S/C35H42N4O4S/c1-3-7-32(43-27(2)40)22-35(26-36,29-8-5-4-6-9-29)30-16-20-38(21-17-30)23-28-24-39(25-28)31-10-12-33(13-11-31)44(41,42)34-14-18-37-19-15-34/h4-6,8-15,18-19,28,30,32H,3,7,16-17,20-25H2,1-2H3/t32-,35?/m1/s1. The summed E-state index contributed by atoms with van der Waals surface area (Å²) in [5, 5.41) is 10.7. The first-order chi connectivity index (χ1) is 21.2. The third-order valence-electron chi connectivity index (χ3n) is 9.21. The van der Waals surface area contributed by atoms with E-state index in [0.717, 1.165) is 69.7 Å². The fourth-order valence-electron chi connectivity index (χ4n) is 6.93. The first-order valence-electron chi connectivity index (χ1n) is 15.6. The van der Waals surface area contributed by atoms with E-state index in [2.05, 4.69) is 39.9 Å². The number of nitrogens with zero attached hydrogens (tertiary/aromatic N) is 4. The maximum absolute atomic E-state index is 12.9. The zero-order chi connectivity index (χ0) is 31.2. The number of aromatic nitrogens is 1. The van der Waals surface area contributed by atoms with Crippen molar-refractivity contribution in [2.45, 2.75) is 67.3 Å². The molecule has 0 N–H and O–H groups in total. The van der Waals surface area contributed by atoms with Gasteiger partial charge >= 0.3 is 5.97 Å². The van der Waals surface area contributed by atoms with Crippen molar-refractivity contribution in [3.05, 3.63) is 84.7 Å². The van der Waals surface area contributed by atoms with Gasteiger partial charge in [0.2, 0.25) is 9.84 Å². The van der Waals surface area contributed by atoms with E-state index < -0.39 is 15.3 Å². The van der Waals surface area contributed by atoms with Crippen molar-refractivity contribution in [1.82, 2.24) is 9.88 Å². The second-order valence-electron chi connectivity index (χ2n) is 12.2. The summed E-state index contributed by atoms with van der Waals surface area (Å²) in [6.07, 6.45) is 6.70. The largest absolute Gasteiger partial charge is 0.462 e. The Morgan fingerprint density at radius 2 is 1.66 bits per heavy atom. The van der Waals surface area contributed by atoms with Gasteiger partial charge in [-0.1, -0.05) is 43.7 Å². The van der Waals surface area contributed by atoms with Crippen LogP contribution in [0.5, 0.6) is 0 Å². The Balaban J connectivity index is 1.17. The maximum atomic E-state index is 12.9. The molecule has 3 heterocycles. The Morgan fingerprint density at radius 1 is 1.02 bits per heavy atom. The second-order valence-corrected chi connectivity index (χ2v) is 14.1. The molecule has 0 amide bonds. The van der Waals surface area contributed by atoms with Crippen LogP contribution in [0.4, 0.5) is 5.69 Å². The molecule has 44 heavy (non-hydrogen) atoms. The average molecular weight is 615 g/mol. The summed E-state index contributed by atoms with van der Waals surface area (Å²) in [6.45, 7) is 8.28. The zero-order valence-corrected chi connectivity index (χ0v) is 26.5. The van der Waals surface area contributed by atoms with Gasteiger partial charge in [0.15, 0.2) is 0 Å². The van der Waals surface area contributed by atoms with Crippen molar-refractivity contribution < 1.29 is 17.9 Å². The van der Waals surface area contributed by atoms with Gasteiger partial charge in [0.25, 0.3) is 0 Å². The molecule has 0 radical (unpaired) electrons. The van der Waals surface area contributed by atoms with E-state index >= 15 is 0 Å². The predicted molar refractivity (Wildman–Crippen MR) is 170 cm³/mol. The molecule has 232 valence electrons. The predicted octanol–water partition coefficient (Wildman–Crippen LogP) is 5.65. The molecule has 8 nitrogen and oxygen atoms in total. The minimum absolute atomic E-state index is 0.181. The van der Waals surface area contributed by atoms with E-state index in [-0.39, 0.29) is 27.8 Å². The van der Waals surface area contributed by atoms with Gasteiger partial charge in [0, 0.05) is 57.0 Å². The number of nitriles is 1. The summed E-state index contributed by atoms with van der Waals surface area (Å²) >= 11 is 0. The Kier molecular flexibility index (Phi) is 10.0. The molecule has 1 aromatic heterocycles. The molecule has 2 aliphatic rings. The van der Waals surface area contributed by atoms with Crippen molar-refractivity contribution in [3.63, 3.8) is 0 Å². The van der Waals surface area contributed by atoms with Crippen LogP contribution in [0.15, 0.2) is 88.9 Å². The first kappa shape index (κ1) is 31.7. The Hall–Kier alpha value is -3.74. The quantitative estimate of drug-likeness (QED) is 0.241. The lowest BCUT2D eigenvalue weighted by Gasteiger charge is -2.46. The van der Waals surface area contributed by atoms with E-state index in [4.69, 9.17) is 4.74 Å². The fourth-order valence-corrected chi connectivity index (χ4v) is 8.18. The second kappa shape index (κ2) is 13.9. The lowest BCUT2D eigenvalue weighted by atomic mass is 9.64. The Morgan fingerprint density at radius 3 is 2.25 bits per heavy atom. The number of ether oxygens (including phenoxy) is 1. The van der Waals surface area contributed by atoms with Crippen LogP contribution in [0, 0.1) is 23.2 Å². The van der Waals surface area contributed by atoms with Crippen molar-refractivity contribution in [2.24, 2.45) is 11.8 Å². The molecule has 0 spiro atoms. The maximum Gasteiger partial charge on any atom is 0.302 e. The van der Waals surface area contributed by atoms with Crippen molar-refractivity contribution in [2.75, 3.05) is 37.6 Å². The van der Waals surface area contributed by atoms with E-state index in [0.29, 0.717) is 12.3 Å². The lowest BCUT2D eigenvalue weighted by molar-refractivity contribution is -0.147. The number of piperidine rings is 1. The number of carbonyl (C=O) groups is 1. The fraction of sp³-hybridized carbons (Fsp3) is 0.457. The smallest absolute Gasteiger partial charge is 0.302 e. The highest BCUT2D eigenvalue weighted by Crippen LogP contribution is 2.43. The number of esters is 1. The number of rotatable bonds is 12. The minimum Gasteiger partial charge on any atom is -0.462 e. The van der Waals surface area contributed by atoms with Crippen LogP contribution in [0.3, 0.4) is 0 Å². The van der Waals surface area contributed by atoms with Crippen molar-refractivity contribution in [1.29, 1.82) is 5.26 Å². The minimum atomic E-state index is -3.56. The van der Waals surface area contributed by atoms with Gasteiger partial charge in [0.05, 0.1) is 21.3 Å². The summed E-state index contributed by atoms with van der Waals surface area (Å²) < 4.78 is 31.5. The third-order valence-corrected chi connectivity index (χ3v) is 11.0. The number of likely N-dealkylation sites (tertiary alicyclic amines) is 1. The molecule has 5 rings (SSSR count). The highest BCUT2D eigenvalue weighted by atomic mass is 32.2. The highest BCUT2D eigenvalue weighted by molar-refractivity contribution is 7.91. The van der Waals surface area contributed by atoms with Gasteiger partial charge in [-0.3, -0.25) is 9.78 Å². The molecule has 2 aromatic carbocycles. The summed E-state index contributed by atoms with van der Waals surface area (Å²) in [6, 6.07) is 23.0. The third kappa shape index (κ3) is 6.98. The summed E-state index contributed by atoms with van der Waals surface area (Å²) in [5.41, 5.74) is 1.35. The SMILES string of the molecule is CCC[C@H](CC(C#N)(c1ccccc1)C1CCN(CC2CN(c3ccc(S(=O)(=O)c4ccncc4)cc3)C2)CC1)OC(C)=O. The van der Waals surface area contributed by atoms with Crippen molar-refractivity contribution in [3.8, 4) is 6.07 Å². The molecule has 0 saturated carbocycles. The molecular formula is C35H42N4O4S. The van der Waals surface area contributed by atoms with Crippen LogP contribution in [-0.2, 0) is 24.8 Å². The molecule has 2 atom stereocenters.